The third-order valence-corrected chi connectivity index (χ3v) is 3.27. The fraction of sp³-hybridized carbons (Fsp3) is 0.467. The van der Waals surface area contributed by atoms with Crippen LogP contribution in [0.2, 0.25) is 0 Å². The highest BCUT2D eigenvalue weighted by Crippen LogP contribution is 2.40. The van der Waals surface area contributed by atoms with Crippen molar-refractivity contribution < 1.29 is 32.6 Å². The second kappa shape index (κ2) is 6.99. The normalized spacial score (nSPS) is 14.0. The number of alkyl halides is 3. The van der Waals surface area contributed by atoms with Gasteiger partial charge in [0.1, 0.15) is 0 Å². The molecule has 8 heteroatoms. The van der Waals surface area contributed by atoms with Crippen molar-refractivity contribution in [3.05, 3.63) is 29.8 Å². The van der Waals surface area contributed by atoms with E-state index >= 15 is 0 Å². The van der Waals surface area contributed by atoms with Crippen LogP contribution in [0.5, 0.6) is 0 Å². The lowest BCUT2D eigenvalue weighted by Crippen LogP contribution is -2.50. The Morgan fingerprint density at radius 1 is 1.17 bits per heavy atom. The van der Waals surface area contributed by atoms with Crippen LogP contribution in [-0.2, 0) is 19.9 Å². The molecular formula is C15H18F3NO4. The Morgan fingerprint density at radius 3 is 2.04 bits per heavy atom. The number of anilines is 1. The van der Waals surface area contributed by atoms with E-state index in [0.717, 1.165) is 12.1 Å². The van der Waals surface area contributed by atoms with E-state index < -0.39 is 23.3 Å². The van der Waals surface area contributed by atoms with Crippen molar-refractivity contribution in [3.8, 4) is 0 Å². The zero-order valence-corrected chi connectivity index (χ0v) is 13.0. The average Bonchev–Trinajstić information content (AvgIpc) is 2.46. The minimum atomic E-state index is -5.24. The monoisotopic (exact) mass is 333 g/mol. The van der Waals surface area contributed by atoms with E-state index in [1.165, 1.54) is 30.9 Å². The van der Waals surface area contributed by atoms with Crippen LogP contribution in [0, 0.1) is 0 Å². The van der Waals surface area contributed by atoms with Crippen molar-refractivity contribution >= 4 is 17.6 Å². The van der Waals surface area contributed by atoms with Crippen molar-refractivity contribution in [2.45, 2.75) is 32.5 Å². The third kappa shape index (κ3) is 3.64. The predicted octanol–water partition coefficient (Wildman–Crippen LogP) is 2.37. The Hall–Kier alpha value is -2.09. The number of hydrogen-bond donors (Lipinski definition) is 1. The van der Waals surface area contributed by atoms with Gasteiger partial charge >= 0.3 is 12.1 Å². The predicted molar refractivity (Wildman–Crippen MR) is 76.7 cm³/mol. The summed E-state index contributed by atoms with van der Waals surface area (Å²) in [6.45, 7) is 4.39. The van der Waals surface area contributed by atoms with E-state index in [0.29, 0.717) is 12.2 Å². The fourth-order valence-electron chi connectivity index (χ4n) is 2.10. The number of rotatable bonds is 5. The Morgan fingerprint density at radius 2 is 1.70 bits per heavy atom. The van der Waals surface area contributed by atoms with Crippen LogP contribution < -0.4 is 4.90 Å². The van der Waals surface area contributed by atoms with Gasteiger partial charge in [-0.2, -0.15) is 13.2 Å². The molecule has 1 aromatic carbocycles. The van der Waals surface area contributed by atoms with E-state index in [1.54, 1.807) is 6.92 Å². The van der Waals surface area contributed by atoms with Gasteiger partial charge in [-0.15, -0.1) is 0 Å². The van der Waals surface area contributed by atoms with Crippen LogP contribution >= 0.6 is 0 Å². The first-order valence-electron chi connectivity index (χ1n) is 6.94. The van der Waals surface area contributed by atoms with Gasteiger partial charge in [-0.1, -0.05) is 12.1 Å². The van der Waals surface area contributed by atoms with Crippen molar-refractivity contribution in [2.24, 2.45) is 0 Å². The summed E-state index contributed by atoms with van der Waals surface area (Å²) < 4.78 is 44.0. The largest absolute Gasteiger partial charge is 0.463 e. The summed E-state index contributed by atoms with van der Waals surface area (Å²) in [7, 11) is 0. The van der Waals surface area contributed by atoms with Gasteiger partial charge in [0.2, 0.25) is 5.91 Å². The first-order chi connectivity index (χ1) is 10.6. The number of benzene rings is 1. The van der Waals surface area contributed by atoms with Gasteiger partial charge in [0.15, 0.2) is 0 Å². The van der Waals surface area contributed by atoms with Crippen molar-refractivity contribution in [1.29, 1.82) is 0 Å². The molecule has 128 valence electrons. The van der Waals surface area contributed by atoms with Gasteiger partial charge < -0.3 is 14.7 Å². The summed E-state index contributed by atoms with van der Waals surface area (Å²) in [6, 6.07) is 4.36. The molecule has 0 saturated heterocycles. The van der Waals surface area contributed by atoms with Crippen LogP contribution in [0.1, 0.15) is 26.3 Å². The Bertz CT molecular complexity index is 571. The van der Waals surface area contributed by atoms with E-state index in [1.807, 2.05) is 0 Å². The summed E-state index contributed by atoms with van der Waals surface area (Å²) in [5.41, 5.74) is -4.07. The van der Waals surface area contributed by atoms with Gasteiger partial charge in [-0.05, 0) is 26.0 Å². The van der Waals surface area contributed by atoms with E-state index in [-0.39, 0.29) is 12.5 Å². The number of carbonyl (C=O) groups is 2. The minimum Gasteiger partial charge on any atom is -0.463 e. The number of esters is 1. The van der Waals surface area contributed by atoms with E-state index in [2.05, 4.69) is 4.74 Å². The quantitative estimate of drug-likeness (QED) is 0.840. The lowest BCUT2D eigenvalue weighted by Gasteiger charge is -2.29. The summed E-state index contributed by atoms with van der Waals surface area (Å²) in [4.78, 5) is 24.4. The topological polar surface area (TPSA) is 66.8 Å². The molecule has 0 radical (unpaired) electrons. The van der Waals surface area contributed by atoms with Crippen molar-refractivity contribution in [3.63, 3.8) is 0 Å². The molecule has 0 aromatic heterocycles. The zero-order chi connectivity index (χ0) is 17.8. The molecule has 0 spiro atoms. The molecule has 0 bridgehead atoms. The smallest absolute Gasteiger partial charge is 0.432 e. The molecule has 0 aliphatic carbocycles. The average molecular weight is 333 g/mol. The molecule has 0 unspecified atom stereocenters. The molecule has 1 atom stereocenters. The summed E-state index contributed by atoms with van der Waals surface area (Å²) in [5, 5.41) is 9.93. The van der Waals surface area contributed by atoms with Crippen LogP contribution in [0.25, 0.3) is 0 Å². The highest BCUT2D eigenvalue weighted by molar-refractivity contribution is 5.91. The standard InChI is InChI=1S/C15H18F3NO4/c1-4-19(10(3)20)12-8-6-11(7-9-12)14(22,15(16,17)18)13(21)23-5-2/h6-9,22H,4-5H2,1-3H3/t14-/m1/s1. The van der Waals surface area contributed by atoms with Crippen LogP contribution in [-0.4, -0.2) is 36.3 Å². The highest BCUT2D eigenvalue weighted by atomic mass is 19.4. The maximum atomic E-state index is 13.2. The number of carbonyl (C=O) groups excluding carboxylic acids is 2. The molecule has 0 saturated carbocycles. The molecule has 1 rings (SSSR count). The molecule has 0 fully saturated rings. The molecule has 1 amide bonds. The molecule has 5 nitrogen and oxygen atoms in total. The van der Waals surface area contributed by atoms with Crippen molar-refractivity contribution in [2.75, 3.05) is 18.1 Å². The van der Waals surface area contributed by atoms with Gasteiger partial charge in [0.05, 0.1) is 6.61 Å². The second-order valence-electron chi connectivity index (χ2n) is 4.74. The van der Waals surface area contributed by atoms with Crippen LogP contribution in [0.3, 0.4) is 0 Å². The number of ether oxygens (including phenoxy) is 1. The summed E-state index contributed by atoms with van der Waals surface area (Å²) in [5.74, 6) is -2.07. The highest BCUT2D eigenvalue weighted by Gasteiger charge is 2.62. The SMILES string of the molecule is CCOC(=O)[C@](O)(c1ccc(N(CC)C(C)=O)cc1)C(F)(F)F. The fourth-order valence-corrected chi connectivity index (χ4v) is 2.10. The van der Waals surface area contributed by atoms with Gasteiger partial charge in [0, 0.05) is 24.7 Å². The molecule has 1 aromatic rings. The minimum absolute atomic E-state index is 0.281. The van der Waals surface area contributed by atoms with Gasteiger partial charge in [0.25, 0.3) is 5.60 Å². The summed E-state index contributed by atoms with van der Waals surface area (Å²) in [6.07, 6.45) is -5.24. The number of halogens is 3. The molecule has 0 aliphatic heterocycles. The number of aliphatic hydroxyl groups is 1. The van der Waals surface area contributed by atoms with Crippen LogP contribution in [0.4, 0.5) is 18.9 Å². The Labute approximate surface area is 131 Å². The lowest BCUT2D eigenvalue weighted by atomic mass is 9.93. The second-order valence-corrected chi connectivity index (χ2v) is 4.74. The lowest BCUT2D eigenvalue weighted by molar-refractivity contribution is -0.267. The first-order valence-corrected chi connectivity index (χ1v) is 6.94. The third-order valence-electron chi connectivity index (χ3n) is 3.27. The van der Waals surface area contributed by atoms with E-state index in [9.17, 15) is 27.9 Å². The van der Waals surface area contributed by atoms with Gasteiger partial charge in [-0.25, -0.2) is 4.79 Å². The Kier molecular flexibility index (Phi) is 5.76. The van der Waals surface area contributed by atoms with Crippen molar-refractivity contribution in [1.82, 2.24) is 0 Å². The maximum Gasteiger partial charge on any atom is 0.432 e. The Balaban J connectivity index is 3.30. The molecule has 0 aliphatic rings. The van der Waals surface area contributed by atoms with Crippen LogP contribution in [0.15, 0.2) is 24.3 Å². The summed E-state index contributed by atoms with van der Waals surface area (Å²) >= 11 is 0. The molecular weight excluding hydrogens is 315 g/mol. The van der Waals surface area contributed by atoms with E-state index in [4.69, 9.17) is 0 Å². The molecule has 1 N–H and O–H groups in total. The maximum absolute atomic E-state index is 13.2. The molecule has 23 heavy (non-hydrogen) atoms. The number of hydrogen-bond acceptors (Lipinski definition) is 4. The number of nitrogens with zero attached hydrogens (tertiary/aromatic N) is 1. The zero-order valence-electron chi connectivity index (χ0n) is 13.0. The molecule has 0 heterocycles. The first kappa shape index (κ1) is 19.0. The van der Waals surface area contributed by atoms with Gasteiger partial charge in [-0.3, -0.25) is 4.79 Å². The number of amides is 1.